The first-order valence-electron chi connectivity index (χ1n) is 8.81. The Morgan fingerprint density at radius 2 is 1.79 bits per heavy atom. The van der Waals surface area contributed by atoms with Crippen LogP contribution in [0.4, 0.5) is 5.69 Å². The smallest absolute Gasteiger partial charge is 0.174 e. The molecule has 3 aromatic rings. The molecule has 0 heterocycles. The molecule has 0 saturated heterocycles. The van der Waals surface area contributed by atoms with Gasteiger partial charge in [0, 0.05) is 32.9 Å². The lowest BCUT2D eigenvalue weighted by Gasteiger charge is -2.16. The Hall–Kier alpha value is -1.34. The zero-order chi connectivity index (χ0) is 21.0. The highest BCUT2D eigenvalue weighted by Crippen LogP contribution is 2.35. The fraction of sp³-hybridized carbons (Fsp3) is 0.182. The lowest BCUT2D eigenvalue weighted by molar-refractivity contribution is 0.282. The van der Waals surface area contributed by atoms with Gasteiger partial charge in [0.2, 0.25) is 0 Å². The molecule has 0 radical (unpaired) electrons. The van der Waals surface area contributed by atoms with Crippen LogP contribution in [0.5, 0.6) is 11.5 Å². The van der Waals surface area contributed by atoms with Crippen molar-refractivity contribution in [1.29, 1.82) is 0 Å². The molecule has 0 atom stereocenters. The van der Waals surface area contributed by atoms with E-state index in [9.17, 15) is 0 Å². The zero-order valence-corrected chi connectivity index (χ0v) is 20.3. The van der Waals surface area contributed by atoms with E-state index in [0.29, 0.717) is 34.7 Å². The van der Waals surface area contributed by atoms with Gasteiger partial charge in [-0.05, 0) is 77.0 Å². The van der Waals surface area contributed by atoms with Gasteiger partial charge in [-0.1, -0.05) is 46.9 Å². The average molecular weight is 563 g/mol. The van der Waals surface area contributed by atoms with Crippen molar-refractivity contribution < 1.29 is 9.47 Å². The van der Waals surface area contributed by atoms with Gasteiger partial charge < -0.3 is 14.8 Å². The molecule has 3 aromatic carbocycles. The fourth-order valence-electron chi connectivity index (χ4n) is 2.80. The van der Waals surface area contributed by atoms with Crippen LogP contribution in [0.15, 0.2) is 48.5 Å². The lowest BCUT2D eigenvalue weighted by atomic mass is 10.1. The molecule has 3 rings (SSSR count). The third kappa shape index (κ3) is 5.63. The van der Waals surface area contributed by atoms with Crippen molar-refractivity contribution in [2.75, 3.05) is 12.4 Å². The van der Waals surface area contributed by atoms with Crippen LogP contribution in [0.3, 0.4) is 0 Å². The summed E-state index contributed by atoms with van der Waals surface area (Å²) in [7, 11) is 1.63. The Morgan fingerprint density at radius 1 is 1.00 bits per heavy atom. The van der Waals surface area contributed by atoms with Crippen LogP contribution >= 0.6 is 57.4 Å². The molecular formula is C22H19Cl3INO2. The van der Waals surface area contributed by atoms with E-state index in [-0.39, 0.29) is 0 Å². The first-order chi connectivity index (χ1) is 13.9. The summed E-state index contributed by atoms with van der Waals surface area (Å²) in [5.74, 6) is 1.35. The minimum absolute atomic E-state index is 0.321. The number of methoxy groups -OCH3 is 1. The Morgan fingerprint density at radius 3 is 2.52 bits per heavy atom. The van der Waals surface area contributed by atoms with Gasteiger partial charge in [0.05, 0.1) is 10.7 Å². The summed E-state index contributed by atoms with van der Waals surface area (Å²) < 4.78 is 12.5. The van der Waals surface area contributed by atoms with Crippen molar-refractivity contribution >= 4 is 63.1 Å². The summed E-state index contributed by atoms with van der Waals surface area (Å²) in [4.78, 5) is 0. The summed E-state index contributed by atoms with van der Waals surface area (Å²) in [6.45, 7) is 2.95. The van der Waals surface area contributed by atoms with Gasteiger partial charge in [-0.2, -0.15) is 0 Å². The van der Waals surface area contributed by atoms with E-state index < -0.39 is 0 Å². The maximum atomic E-state index is 6.24. The van der Waals surface area contributed by atoms with E-state index >= 15 is 0 Å². The number of hydrogen-bond acceptors (Lipinski definition) is 3. The molecule has 0 aromatic heterocycles. The second-order valence-electron chi connectivity index (χ2n) is 6.40. The van der Waals surface area contributed by atoms with Gasteiger partial charge in [-0.3, -0.25) is 0 Å². The quantitative estimate of drug-likeness (QED) is 0.299. The second-order valence-corrected chi connectivity index (χ2v) is 8.81. The number of anilines is 1. The summed E-state index contributed by atoms with van der Waals surface area (Å²) >= 11 is 20.6. The van der Waals surface area contributed by atoms with Crippen LogP contribution < -0.4 is 14.8 Å². The lowest BCUT2D eigenvalue weighted by Crippen LogP contribution is -2.04. The van der Waals surface area contributed by atoms with E-state index in [0.717, 1.165) is 31.0 Å². The largest absolute Gasteiger partial charge is 0.493 e. The van der Waals surface area contributed by atoms with E-state index in [1.807, 2.05) is 37.3 Å². The van der Waals surface area contributed by atoms with Gasteiger partial charge in [0.1, 0.15) is 6.61 Å². The van der Waals surface area contributed by atoms with Crippen LogP contribution in [0.25, 0.3) is 0 Å². The number of hydrogen-bond donors (Lipinski definition) is 1. The van der Waals surface area contributed by atoms with Crippen LogP contribution in [-0.4, -0.2) is 7.11 Å². The van der Waals surface area contributed by atoms with E-state index in [4.69, 9.17) is 44.3 Å². The van der Waals surface area contributed by atoms with Crippen molar-refractivity contribution in [3.05, 3.63) is 83.9 Å². The molecule has 0 bridgehead atoms. The van der Waals surface area contributed by atoms with E-state index in [2.05, 4.69) is 34.0 Å². The van der Waals surface area contributed by atoms with Gasteiger partial charge in [0.15, 0.2) is 11.5 Å². The van der Waals surface area contributed by atoms with Crippen molar-refractivity contribution in [3.8, 4) is 11.5 Å². The average Bonchev–Trinajstić information content (AvgIpc) is 2.69. The maximum absolute atomic E-state index is 6.24. The highest BCUT2D eigenvalue weighted by molar-refractivity contribution is 14.1. The molecule has 29 heavy (non-hydrogen) atoms. The van der Waals surface area contributed by atoms with Crippen molar-refractivity contribution in [1.82, 2.24) is 0 Å². The summed E-state index contributed by atoms with van der Waals surface area (Å²) in [5, 5.41) is 5.34. The molecule has 0 spiro atoms. The summed E-state index contributed by atoms with van der Waals surface area (Å²) in [6, 6.07) is 15.2. The van der Waals surface area contributed by atoms with Gasteiger partial charge in [-0.15, -0.1) is 0 Å². The Balaban J connectivity index is 1.75. The molecule has 0 aliphatic heterocycles. The molecule has 0 saturated carbocycles. The molecule has 0 unspecified atom stereocenters. The summed E-state index contributed by atoms with van der Waals surface area (Å²) in [6.07, 6.45) is 0. The van der Waals surface area contributed by atoms with E-state index in [1.165, 1.54) is 0 Å². The van der Waals surface area contributed by atoms with Gasteiger partial charge in [0.25, 0.3) is 0 Å². The van der Waals surface area contributed by atoms with E-state index in [1.54, 1.807) is 19.2 Å². The van der Waals surface area contributed by atoms with Crippen LogP contribution in [0, 0.1) is 10.5 Å². The number of ether oxygens (including phenoxy) is 2. The zero-order valence-electron chi connectivity index (χ0n) is 15.9. The predicted octanol–water partition coefficient (Wildman–Crippen LogP) is 7.76. The maximum Gasteiger partial charge on any atom is 0.174 e. The first kappa shape index (κ1) is 22.3. The predicted molar refractivity (Wildman–Crippen MR) is 130 cm³/mol. The molecule has 152 valence electrons. The van der Waals surface area contributed by atoms with Crippen LogP contribution in [0.2, 0.25) is 15.1 Å². The van der Waals surface area contributed by atoms with Gasteiger partial charge in [-0.25, -0.2) is 0 Å². The molecule has 0 amide bonds. The Bertz CT molecular complexity index is 1030. The molecule has 0 aliphatic rings. The monoisotopic (exact) mass is 561 g/mol. The normalized spacial score (nSPS) is 10.7. The Kier molecular flexibility index (Phi) is 7.79. The highest BCUT2D eigenvalue weighted by Gasteiger charge is 2.13. The molecule has 3 nitrogen and oxygen atoms in total. The highest BCUT2D eigenvalue weighted by atomic mass is 127. The molecule has 0 fully saturated rings. The minimum Gasteiger partial charge on any atom is -0.493 e. The fourth-order valence-corrected chi connectivity index (χ4v) is 4.26. The molecular weight excluding hydrogens is 544 g/mol. The standard InChI is InChI=1S/C22H19Cl3INO2/c1-13-17(24)4-3-5-20(13)27-11-14-8-19(26)22(21(9-14)28-2)29-12-15-6-7-16(23)10-18(15)25/h3-10,27H,11-12H2,1-2H3. The molecule has 7 heteroatoms. The minimum atomic E-state index is 0.321. The third-order valence-electron chi connectivity index (χ3n) is 4.43. The number of nitrogens with one attached hydrogen (secondary N) is 1. The number of rotatable bonds is 7. The molecule has 0 aliphatic carbocycles. The van der Waals surface area contributed by atoms with Crippen molar-refractivity contribution in [2.45, 2.75) is 20.1 Å². The van der Waals surface area contributed by atoms with Gasteiger partial charge >= 0.3 is 0 Å². The second kappa shape index (κ2) is 10.1. The van der Waals surface area contributed by atoms with Crippen LogP contribution in [-0.2, 0) is 13.2 Å². The third-order valence-corrected chi connectivity index (χ3v) is 6.22. The Labute approximate surface area is 199 Å². The first-order valence-corrected chi connectivity index (χ1v) is 11.0. The summed E-state index contributed by atoms with van der Waals surface area (Å²) in [5.41, 5.74) is 3.96. The van der Waals surface area contributed by atoms with Crippen LogP contribution in [0.1, 0.15) is 16.7 Å². The van der Waals surface area contributed by atoms with Crippen molar-refractivity contribution in [2.24, 2.45) is 0 Å². The SMILES string of the molecule is COc1cc(CNc2cccc(Cl)c2C)cc(I)c1OCc1ccc(Cl)cc1Cl. The number of halogens is 4. The topological polar surface area (TPSA) is 30.5 Å². The molecule has 1 N–H and O–H groups in total. The number of benzene rings is 3. The van der Waals surface area contributed by atoms with Crippen molar-refractivity contribution in [3.63, 3.8) is 0 Å².